The van der Waals surface area contributed by atoms with Crippen molar-refractivity contribution in [3.63, 3.8) is 0 Å². The molecule has 1 atom stereocenters. The Hall–Kier alpha value is -4.48. The number of carbonyl (C=O) groups excluding carboxylic acids is 1. The molecule has 1 unspecified atom stereocenters. The first kappa shape index (κ1) is 23.7. The number of benzene rings is 2. The number of nitrogens with zero attached hydrogens (tertiary/aromatic N) is 4. The maximum absolute atomic E-state index is 13.0. The normalized spacial score (nSPS) is 11.5. The summed E-state index contributed by atoms with van der Waals surface area (Å²) >= 11 is 0. The molecule has 0 spiro atoms. The Morgan fingerprint density at radius 1 is 1.11 bits per heavy atom. The lowest BCUT2D eigenvalue weighted by Gasteiger charge is -2.19. The van der Waals surface area contributed by atoms with E-state index in [1.165, 1.54) is 0 Å². The quantitative estimate of drug-likeness (QED) is 0.345. The lowest BCUT2D eigenvalue weighted by Crippen LogP contribution is -2.28. The van der Waals surface area contributed by atoms with Gasteiger partial charge in [0.05, 0.1) is 23.5 Å². The smallest absolute Gasteiger partial charge is 0.226 e. The molecule has 0 saturated carbocycles. The van der Waals surface area contributed by atoms with E-state index in [-0.39, 0.29) is 24.2 Å². The van der Waals surface area contributed by atoms with Gasteiger partial charge < -0.3 is 16.4 Å². The minimum absolute atomic E-state index is 0.165. The zero-order valence-electron chi connectivity index (χ0n) is 19.5. The third kappa shape index (κ3) is 6.31. The average Bonchev–Trinajstić information content (AvgIpc) is 3.32. The van der Waals surface area contributed by atoms with Crippen LogP contribution in [0.1, 0.15) is 29.2 Å². The molecule has 2 heterocycles. The Balaban J connectivity index is 1.43. The minimum Gasteiger partial charge on any atom is -0.382 e. The van der Waals surface area contributed by atoms with Crippen LogP contribution in [0.3, 0.4) is 0 Å². The van der Waals surface area contributed by atoms with Crippen LogP contribution in [0.4, 0.5) is 11.5 Å². The third-order valence-corrected chi connectivity index (χ3v) is 5.71. The second-order valence-corrected chi connectivity index (χ2v) is 8.29. The molecule has 0 aliphatic carbocycles. The molecule has 4 N–H and O–H groups in total. The highest BCUT2D eigenvalue weighted by Crippen LogP contribution is 2.26. The molecule has 35 heavy (non-hydrogen) atoms. The molecule has 4 aromatic rings. The van der Waals surface area contributed by atoms with Crippen LogP contribution in [0, 0.1) is 11.3 Å². The molecule has 8 heteroatoms. The number of nitrogen functional groups attached to an aromatic ring is 1. The fourth-order valence-corrected chi connectivity index (χ4v) is 3.82. The number of aryl methyl sites for hydroxylation is 1. The fourth-order valence-electron chi connectivity index (χ4n) is 3.82. The van der Waals surface area contributed by atoms with Crippen LogP contribution in [0.5, 0.6) is 0 Å². The van der Waals surface area contributed by atoms with Crippen molar-refractivity contribution < 1.29 is 4.79 Å². The zero-order chi connectivity index (χ0) is 24.6. The second-order valence-electron chi connectivity index (χ2n) is 8.29. The van der Waals surface area contributed by atoms with E-state index >= 15 is 0 Å². The van der Waals surface area contributed by atoms with Gasteiger partial charge in [0.2, 0.25) is 5.91 Å². The van der Waals surface area contributed by atoms with Gasteiger partial charge in [0.15, 0.2) is 0 Å². The van der Waals surface area contributed by atoms with Gasteiger partial charge in [0, 0.05) is 43.0 Å². The summed E-state index contributed by atoms with van der Waals surface area (Å²) in [6.07, 6.45) is 6.29. The first-order chi connectivity index (χ1) is 17.0. The lowest BCUT2D eigenvalue weighted by molar-refractivity contribution is -0.116. The number of rotatable bonds is 9. The Kier molecular flexibility index (Phi) is 7.50. The molecule has 0 saturated heterocycles. The number of nitriles is 1. The van der Waals surface area contributed by atoms with Gasteiger partial charge in [-0.15, -0.1) is 0 Å². The van der Waals surface area contributed by atoms with Gasteiger partial charge in [-0.1, -0.05) is 42.5 Å². The van der Waals surface area contributed by atoms with Crippen LogP contribution < -0.4 is 16.4 Å². The second kappa shape index (κ2) is 11.1. The summed E-state index contributed by atoms with van der Waals surface area (Å²) in [5.41, 5.74) is 11.0. The third-order valence-electron chi connectivity index (χ3n) is 5.71. The van der Waals surface area contributed by atoms with Gasteiger partial charge in [-0.2, -0.15) is 10.4 Å². The summed E-state index contributed by atoms with van der Waals surface area (Å²) in [4.78, 5) is 17.3. The minimum atomic E-state index is -0.176. The van der Waals surface area contributed by atoms with Crippen LogP contribution >= 0.6 is 0 Å². The Morgan fingerprint density at radius 2 is 1.89 bits per heavy atom. The molecule has 2 aromatic carbocycles. The number of nitrogens with two attached hydrogens (primary N) is 1. The van der Waals surface area contributed by atoms with E-state index in [0.29, 0.717) is 17.8 Å². The van der Waals surface area contributed by atoms with Gasteiger partial charge in [-0.25, -0.2) is 4.98 Å². The highest BCUT2D eigenvalue weighted by Gasteiger charge is 2.17. The van der Waals surface area contributed by atoms with Crippen molar-refractivity contribution in [3.8, 4) is 17.2 Å². The highest BCUT2D eigenvalue weighted by molar-refractivity contribution is 5.94. The summed E-state index contributed by atoms with van der Waals surface area (Å²) in [6.45, 7) is 0.679. The first-order valence-corrected chi connectivity index (χ1v) is 11.3. The van der Waals surface area contributed by atoms with Crippen LogP contribution in [0.25, 0.3) is 11.1 Å². The maximum Gasteiger partial charge on any atom is 0.226 e. The number of nitrogens with one attached hydrogen (secondary N) is 2. The van der Waals surface area contributed by atoms with Gasteiger partial charge in [-0.05, 0) is 42.3 Å². The topological polar surface area (TPSA) is 122 Å². The Morgan fingerprint density at radius 3 is 2.57 bits per heavy atom. The first-order valence-electron chi connectivity index (χ1n) is 11.3. The van der Waals surface area contributed by atoms with E-state index in [0.717, 1.165) is 28.7 Å². The van der Waals surface area contributed by atoms with E-state index in [4.69, 9.17) is 11.0 Å². The van der Waals surface area contributed by atoms with Crippen molar-refractivity contribution in [1.82, 2.24) is 20.1 Å². The lowest BCUT2D eigenvalue weighted by atomic mass is 10.0. The molecule has 176 valence electrons. The zero-order valence-corrected chi connectivity index (χ0v) is 19.5. The summed E-state index contributed by atoms with van der Waals surface area (Å²) in [6, 6.07) is 21.2. The average molecular weight is 466 g/mol. The SMILES string of the molecule is Cn1cc(-c2cnc(N)c(NC(=O)CC(NCCc3ccc(C#N)cc3)c3ccccc3)c2)cn1. The number of carbonyl (C=O) groups is 1. The molecular formula is C27H27N7O. The van der Waals surface area contributed by atoms with Crippen LogP contribution in [0.2, 0.25) is 0 Å². The van der Waals surface area contributed by atoms with Crippen molar-refractivity contribution in [2.24, 2.45) is 7.05 Å². The Labute approximate surface area is 204 Å². The van der Waals surface area contributed by atoms with Gasteiger partial charge in [-0.3, -0.25) is 9.48 Å². The van der Waals surface area contributed by atoms with Crippen molar-refractivity contribution in [2.45, 2.75) is 18.9 Å². The molecule has 2 aromatic heterocycles. The molecule has 0 radical (unpaired) electrons. The van der Waals surface area contributed by atoms with E-state index in [9.17, 15) is 4.79 Å². The number of anilines is 2. The summed E-state index contributed by atoms with van der Waals surface area (Å²) in [7, 11) is 1.84. The molecule has 8 nitrogen and oxygen atoms in total. The van der Waals surface area contributed by atoms with Crippen LogP contribution in [-0.4, -0.2) is 27.2 Å². The predicted molar refractivity (Wildman–Crippen MR) is 136 cm³/mol. The van der Waals surface area contributed by atoms with Crippen molar-refractivity contribution in [3.05, 3.63) is 95.9 Å². The van der Waals surface area contributed by atoms with E-state index in [1.807, 2.05) is 73.9 Å². The van der Waals surface area contributed by atoms with Crippen molar-refractivity contribution in [2.75, 3.05) is 17.6 Å². The van der Waals surface area contributed by atoms with Crippen molar-refractivity contribution >= 4 is 17.4 Å². The van der Waals surface area contributed by atoms with E-state index < -0.39 is 0 Å². The van der Waals surface area contributed by atoms with Crippen LogP contribution in [-0.2, 0) is 18.3 Å². The monoisotopic (exact) mass is 465 g/mol. The fraction of sp³-hybridized carbons (Fsp3) is 0.185. The standard InChI is InChI=1S/C27H27N7O/c1-34-18-23(17-32-34)22-13-25(27(29)31-16-22)33-26(35)14-24(21-5-3-2-4-6-21)30-12-11-19-7-9-20(15-28)10-8-19/h2-10,13,16-18,24,30H,11-12,14H2,1H3,(H2,29,31)(H,33,35). The number of hydrogen-bond donors (Lipinski definition) is 3. The molecule has 4 rings (SSSR count). The Bertz CT molecular complexity index is 1320. The molecule has 1 amide bonds. The highest BCUT2D eigenvalue weighted by atomic mass is 16.1. The number of hydrogen-bond acceptors (Lipinski definition) is 6. The number of aromatic nitrogens is 3. The molecule has 0 aliphatic rings. The van der Waals surface area contributed by atoms with E-state index in [2.05, 4.69) is 26.8 Å². The number of amides is 1. The number of pyridine rings is 1. The summed E-state index contributed by atoms with van der Waals surface area (Å²) in [5.74, 6) is 0.0950. The van der Waals surface area contributed by atoms with Crippen LogP contribution in [0.15, 0.2) is 79.3 Å². The molecule has 0 aliphatic heterocycles. The van der Waals surface area contributed by atoms with Gasteiger partial charge in [0.1, 0.15) is 5.82 Å². The van der Waals surface area contributed by atoms with Crippen molar-refractivity contribution in [1.29, 1.82) is 5.26 Å². The van der Waals surface area contributed by atoms with Gasteiger partial charge >= 0.3 is 0 Å². The summed E-state index contributed by atoms with van der Waals surface area (Å²) < 4.78 is 1.71. The molecular weight excluding hydrogens is 438 g/mol. The predicted octanol–water partition coefficient (Wildman–Crippen LogP) is 3.84. The van der Waals surface area contributed by atoms with Gasteiger partial charge in [0.25, 0.3) is 0 Å². The molecule has 0 bridgehead atoms. The maximum atomic E-state index is 13.0. The van der Waals surface area contributed by atoms with E-state index in [1.54, 1.807) is 17.1 Å². The summed E-state index contributed by atoms with van der Waals surface area (Å²) in [5, 5.41) is 19.6. The molecule has 0 fully saturated rings. The largest absolute Gasteiger partial charge is 0.382 e.